The van der Waals surface area contributed by atoms with Gasteiger partial charge in [0.1, 0.15) is 11.0 Å². The summed E-state index contributed by atoms with van der Waals surface area (Å²) in [6.07, 6.45) is 2.24. The molecule has 5 heteroatoms. The summed E-state index contributed by atoms with van der Waals surface area (Å²) in [4.78, 5) is 8.81. The van der Waals surface area contributed by atoms with Crippen LogP contribution in [-0.2, 0) is 4.74 Å². The van der Waals surface area contributed by atoms with Gasteiger partial charge in [0, 0.05) is 31.4 Å². The highest BCUT2D eigenvalue weighted by molar-refractivity contribution is 6.29. The van der Waals surface area contributed by atoms with Crippen LogP contribution in [-0.4, -0.2) is 29.7 Å². The van der Waals surface area contributed by atoms with Crippen LogP contribution < -0.4 is 5.32 Å². The van der Waals surface area contributed by atoms with Gasteiger partial charge in [-0.2, -0.15) is 0 Å². The van der Waals surface area contributed by atoms with E-state index in [2.05, 4.69) is 15.3 Å². The van der Waals surface area contributed by atoms with Gasteiger partial charge in [0.2, 0.25) is 0 Å². The van der Waals surface area contributed by atoms with E-state index in [1.54, 1.807) is 6.07 Å². The summed E-state index contributed by atoms with van der Waals surface area (Å²) >= 11 is 6.09. The molecule has 1 atom stereocenters. The summed E-state index contributed by atoms with van der Waals surface area (Å²) in [7, 11) is 0. The minimum atomic E-state index is 0.454. The lowest BCUT2D eigenvalue weighted by Gasteiger charge is -2.10. The number of ether oxygens (including phenoxy) is 1. The largest absolute Gasteiger partial charge is 0.381 e. The van der Waals surface area contributed by atoms with Crippen LogP contribution in [0.1, 0.15) is 12.8 Å². The van der Waals surface area contributed by atoms with Gasteiger partial charge in [0.05, 0.1) is 0 Å². The van der Waals surface area contributed by atoms with Crippen molar-refractivity contribution in [2.75, 3.05) is 25.1 Å². The molecule has 4 nitrogen and oxygen atoms in total. The van der Waals surface area contributed by atoms with Crippen LogP contribution in [0.15, 0.2) is 36.4 Å². The van der Waals surface area contributed by atoms with Gasteiger partial charge in [-0.15, -0.1) is 0 Å². The molecule has 110 valence electrons. The van der Waals surface area contributed by atoms with Gasteiger partial charge in [-0.05, 0) is 18.8 Å². The second kappa shape index (κ2) is 6.87. The Hall–Kier alpha value is -1.65. The number of aromatic nitrogens is 2. The molecular formula is C16H18ClN3O. The molecule has 1 aromatic heterocycles. The van der Waals surface area contributed by atoms with Crippen molar-refractivity contribution in [2.45, 2.75) is 12.8 Å². The molecule has 1 aliphatic rings. The van der Waals surface area contributed by atoms with E-state index in [0.717, 1.165) is 44.0 Å². The first-order chi connectivity index (χ1) is 10.3. The van der Waals surface area contributed by atoms with E-state index in [-0.39, 0.29) is 0 Å². The zero-order chi connectivity index (χ0) is 14.5. The molecule has 2 aromatic rings. The fraction of sp³-hybridized carbons (Fsp3) is 0.375. The standard InChI is InChI=1S/C16H18ClN3O/c17-14-10-15(18-8-6-12-7-9-21-11-12)20-16(19-14)13-4-2-1-3-5-13/h1-5,10,12H,6-9,11H2,(H,18,19,20). The fourth-order valence-corrected chi connectivity index (χ4v) is 2.62. The van der Waals surface area contributed by atoms with Gasteiger partial charge < -0.3 is 10.1 Å². The second-order valence-electron chi connectivity index (χ2n) is 5.21. The monoisotopic (exact) mass is 303 g/mol. The quantitative estimate of drug-likeness (QED) is 0.857. The van der Waals surface area contributed by atoms with E-state index in [4.69, 9.17) is 16.3 Å². The molecule has 1 aromatic carbocycles. The zero-order valence-corrected chi connectivity index (χ0v) is 12.5. The smallest absolute Gasteiger partial charge is 0.163 e. The lowest BCUT2D eigenvalue weighted by Crippen LogP contribution is -2.10. The first-order valence-corrected chi connectivity index (χ1v) is 7.61. The van der Waals surface area contributed by atoms with Gasteiger partial charge in [0.25, 0.3) is 0 Å². The molecule has 2 heterocycles. The van der Waals surface area contributed by atoms with E-state index < -0.39 is 0 Å². The molecular weight excluding hydrogens is 286 g/mol. The number of nitrogens with one attached hydrogen (secondary N) is 1. The number of nitrogens with zero attached hydrogens (tertiary/aromatic N) is 2. The molecule has 1 N–H and O–H groups in total. The second-order valence-corrected chi connectivity index (χ2v) is 5.60. The Morgan fingerprint density at radius 3 is 2.86 bits per heavy atom. The van der Waals surface area contributed by atoms with Crippen molar-refractivity contribution in [2.24, 2.45) is 5.92 Å². The highest BCUT2D eigenvalue weighted by atomic mass is 35.5. The molecule has 21 heavy (non-hydrogen) atoms. The maximum Gasteiger partial charge on any atom is 0.163 e. The molecule has 1 saturated heterocycles. The zero-order valence-electron chi connectivity index (χ0n) is 11.8. The SMILES string of the molecule is Clc1cc(NCCC2CCOC2)nc(-c2ccccc2)n1. The fourth-order valence-electron chi connectivity index (χ4n) is 2.44. The van der Waals surface area contributed by atoms with Crippen LogP contribution in [0.3, 0.4) is 0 Å². The Morgan fingerprint density at radius 1 is 1.24 bits per heavy atom. The highest BCUT2D eigenvalue weighted by Gasteiger charge is 2.15. The van der Waals surface area contributed by atoms with E-state index >= 15 is 0 Å². The number of benzene rings is 1. The van der Waals surface area contributed by atoms with Crippen molar-refractivity contribution in [3.05, 3.63) is 41.6 Å². The molecule has 0 amide bonds. The van der Waals surface area contributed by atoms with Crippen molar-refractivity contribution in [3.8, 4) is 11.4 Å². The summed E-state index contributed by atoms with van der Waals surface area (Å²) in [6.45, 7) is 2.64. The first kappa shape index (κ1) is 14.3. The van der Waals surface area contributed by atoms with Gasteiger partial charge in [0.15, 0.2) is 5.82 Å². The third-order valence-corrected chi connectivity index (χ3v) is 3.80. The summed E-state index contributed by atoms with van der Waals surface area (Å²) in [6, 6.07) is 11.6. The maximum absolute atomic E-state index is 6.09. The Morgan fingerprint density at radius 2 is 2.10 bits per heavy atom. The minimum absolute atomic E-state index is 0.454. The van der Waals surface area contributed by atoms with Crippen LogP contribution in [0.4, 0.5) is 5.82 Å². The average molecular weight is 304 g/mol. The minimum Gasteiger partial charge on any atom is -0.381 e. The topological polar surface area (TPSA) is 47.0 Å². The van der Waals surface area contributed by atoms with E-state index in [9.17, 15) is 0 Å². The summed E-state index contributed by atoms with van der Waals surface area (Å²) in [5.41, 5.74) is 0.965. The normalized spacial score (nSPS) is 17.9. The first-order valence-electron chi connectivity index (χ1n) is 7.23. The van der Waals surface area contributed by atoms with Crippen molar-refractivity contribution in [1.82, 2.24) is 9.97 Å². The van der Waals surface area contributed by atoms with Crippen LogP contribution in [0, 0.1) is 5.92 Å². The maximum atomic E-state index is 6.09. The summed E-state index contributed by atoms with van der Waals surface area (Å²) in [5.74, 6) is 2.07. The van der Waals surface area contributed by atoms with Crippen molar-refractivity contribution in [3.63, 3.8) is 0 Å². The Balaban J connectivity index is 1.66. The predicted molar refractivity (Wildman–Crippen MR) is 84.5 cm³/mol. The number of rotatable bonds is 5. The number of hydrogen-bond acceptors (Lipinski definition) is 4. The predicted octanol–water partition coefficient (Wildman–Crippen LogP) is 3.64. The van der Waals surface area contributed by atoms with Crippen molar-refractivity contribution < 1.29 is 4.74 Å². The Kier molecular flexibility index (Phi) is 4.68. The lowest BCUT2D eigenvalue weighted by atomic mass is 10.1. The third-order valence-electron chi connectivity index (χ3n) is 3.61. The van der Waals surface area contributed by atoms with Gasteiger partial charge in [-0.3, -0.25) is 0 Å². The summed E-state index contributed by atoms with van der Waals surface area (Å²) < 4.78 is 5.38. The Labute approximate surface area is 129 Å². The average Bonchev–Trinajstić information content (AvgIpc) is 3.01. The van der Waals surface area contributed by atoms with E-state index in [0.29, 0.717) is 16.9 Å². The molecule has 3 rings (SSSR count). The van der Waals surface area contributed by atoms with Crippen LogP contribution in [0.2, 0.25) is 5.15 Å². The van der Waals surface area contributed by atoms with Crippen molar-refractivity contribution >= 4 is 17.4 Å². The highest BCUT2D eigenvalue weighted by Crippen LogP contribution is 2.21. The summed E-state index contributed by atoms with van der Waals surface area (Å²) in [5, 5.41) is 3.79. The van der Waals surface area contributed by atoms with Gasteiger partial charge in [-0.25, -0.2) is 9.97 Å². The molecule has 1 unspecified atom stereocenters. The number of hydrogen-bond donors (Lipinski definition) is 1. The molecule has 0 aliphatic carbocycles. The van der Waals surface area contributed by atoms with Crippen LogP contribution in [0.5, 0.6) is 0 Å². The van der Waals surface area contributed by atoms with Gasteiger partial charge in [-0.1, -0.05) is 41.9 Å². The number of halogens is 1. The molecule has 0 spiro atoms. The molecule has 0 bridgehead atoms. The van der Waals surface area contributed by atoms with E-state index in [1.807, 2.05) is 30.3 Å². The van der Waals surface area contributed by atoms with Crippen LogP contribution in [0.25, 0.3) is 11.4 Å². The Bertz CT molecular complexity index is 585. The van der Waals surface area contributed by atoms with E-state index in [1.165, 1.54) is 0 Å². The van der Waals surface area contributed by atoms with Crippen LogP contribution >= 0.6 is 11.6 Å². The number of anilines is 1. The van der Waals surface area contributed by atoms with Crippen molar-refractivity contribution in [1.29, 1.82) is 0 Å². The molecule has 0 radical (unpaired) electrons. The lowest BCUT2D eigenvalue weighted by molar-refractivity contribution is 0.185. The molecule has 1 aliphatic heterocycles. The van der Waals surface area contributed by atoms with Gasteiger partial charge >= 0.3 is 0 Å². The molecule has 1 fully saturated rings. The molecule has 0 saturated carbocycles. The third kappa shape index (κ3) is 3.93.